The summed E-state index contributed by atoms with van der Waals surface area (Å²) in [6.45, 7) is -2.05. The quantitative estimate of drug-likeness (QED) is 0.527. The van der Waals surface area contributed by atoms with Crippen molar-refractivity contribution in [3.63, 3.8) is 0 Å². The lowest BCUT2D eigenvalue weighted by Crippen LogP contribution is -2.40. The standard InChI is InChI=1S/C4H5F4O/c1-3(5,6)4(7,8)2-9/h2H2,1H3. The molecule has 0 aliphatic rings. The van der Waals surface area contributed by atoms with E-state index in [9.17, 15) is 22.7 Å². The summed E-state index contributed by atoms with van der Waals surface area (Å²) < 4.78 is 46.3. The van der Waals surface area contributed by atoms with Crippen molar-refractivity contribution in [1.82, 2.24) is 0 Å². The summed E-state index contributed by atoms with van der Waals surface area (Å²) in [5.41, 5.74) is 0. The highest BCUT2D eigenvalue weighted by Gasteiger charge is 2.52. The third-order valence-electron chi connectivity index (χ3n) is 0.824. The molecule has 55 valence electrons. The summed E-state index contributed by atoms with van der Waals surface area (Å²) in [4.78, 5) is 0. The Morgan fingerprint density at radius 1 is 1.22 bits per heavy atom. The van der Waals surface area contributed by atoms with Gasteiger partial charge in [-0.2, -0.15) is 8.78 Å². The maximum absolute atomic E-state index is 11.6. The zero-order chi connectivity index (χ0) is 7.71. The van der Waals surface area contributed by atoms with Crippen LogP contribution in [0.2, 0.25) is 0 Å². The maximum Gasteiger partial charge on any atom is 0.335 e. The van der Waals surface area contributed by atoms with E-state index in [1.807, 2.05) is 0 Å². The first kappa shape index (κ1) is 8.68. The molecule has 9 heavy (non-hydrogen) atoms. The molecule has 0 atom stereocenters. The van der Waals surface area contributed by atoms with E-state index >= 15 is 0 Å². The van der Waals surface area contributed by atoms with Crippen LogP contribution in [0.15, 0.2) is 0 Å². The molecule has 0 spiro atoms. The molecule has 5 heteroatoms. The molecule has 0 heterocycles. The van der Waals surface area contributed by atoms with E-state index in [1.165, 1.54) is 0 Å². The van der Waals surface area contributed by atoms with Crippen LogP contribution in [-0.4, -0.2) is 18.5 Å². The van der Waals surface area contributed by atoms with Gasteiger partial charge in [0.1, 0.15) is 0 Å². The number of hydrogen-bond donors (Lipinski definition) is 0. The van der Waals surface area contributed by atoms with Gasteiger partial charge in [0.05, 0.1) is 0 Å². The monoisotopic (exact) mass is 145 g/mol. The first-order chi connectivity index (χ1) is 3.81. The second-order valence-electron chi connectivity index (χ2n) is 1.74. The van der Waals surface area contributed by atoms with Gasteiger partial charge < -0.3 is 0 Å². The van der Waals surface area contributed by atoms with E-state index in [0.717, 1.165) is 0 Å². The highest BCUT2D eigenvalue weighted by atomic mass is 19.3. The lowest BCUT2D eigenvalue weighted by Gasteiger charge is -2.18. The largest absolute Gasteiger partial charge is 0.335 e. The SMILES string of the molecule is CC(F)(F)C(F)(F)C[O]. The van der Waals surface area contributed by atoms with Gasteiger partial charge in [-0.3, -0.25) is 0 Å². The minimum absolute atomic E-state index is 0.0188. The number of rotatable bonds is 2. The molecule has 0 saturated heterocycles. The summed E-state index contributed by atoms with van der Waals surface area (Å²) in [5.74, 6) is -8.61. The third kappa shape index (κ3) is 1.82. The van der Waals surface area contributed by atoms with Gasteiger partial charge >= 0.3 is 11.8 Å². The van der Waals surface area contributed by atoms with Crippen LogP contribution in [-0.2, 0) is 5.11 Å². The fourth-order valence-electron chi connectivity index (χ4n) is 0.127. The first-order valence-corrected chi connectivity index (χ1v) is 2.15. The second-order valence-corrected chi connectivity index (χ2v) is 1.74. The highest BCUT2D eigenvalue weighted by Crippen LogP contribution is 2.32. The van der Waals surface area contributed by atoms with Gasteiger partial charge in [0, 0.05) is 6.92 Å². The summed E-state index contributed by atoms with van der Waals surface area (Å²) in [7, 11) is 0. The van der Waals surface area contributed by atoms with Crippen LogP contribution in [0.3, 0.4) is 0 Å². The molecule has 0 aromatic carbocycles. The van der Waals surface area contributed by atoms with E-state index < -0.39 is 18.5 Å². The van der Waals surface area contributed by atoms with Gasteiger partial charge in [-0.15, -0.1) is 0 Å². The molecular weight excluding hydrogens is 140 g/mol. The Bertz CT molecular complexity index is 95.2. The molecule has 0 aliphatic heterocycles. The Hall–Kier alpha value is -0.320. The fraction of sp³-hybridized carbons (Fsp3) is 1.00. The lowest BCUT2D eigenvalue weighted by atomic mass is 10.2. The van der Waals surface area contributed by atoms with Crippen molar-refractivity contribution in [2.24, 2.45) is 0 Å². The van der Waals surface area contributed by atoms with Crippen molar-refractivity contribution < 1.29 is 22.7 Å². The summed E-state index contributed by atoms with van der Waals surface area (Å²) in [6.07, 6.45) is 0. The zero-order valence-corrected chi connectivity index (χ0v) is 4.63. The average Bonchev–Trinajstić information content (AvgIpc) is 1.64. The Labute approximate surface area is 49.3 Å². The van der Waals surface area contributed by atoms with Crippen molar-refractivity contribution in [3.8, 4) is 0 Å². The van der Waals surface area contributed by atoms with E-state index in [0.29, 0.717) is 0 Å². The number of hydrogen-bond acceptors (Lipinski definition) is 0. The zero-order valence-electron chi connectivity index (χ0n) is 4.63. The Morgan fingerprint density at radius 2 is 1.56 bits per heavy atom. The molecule has 0 bridgehead atoms. The second kappa shape index (κ2) is 2.13. The fourth-order valence-corrected chi connectivity index (χ4v) is 0.127. The van der Waals surface area contributed by atoms with Gasteiger partial charge in [0.2, 0.25) is 0 Å². The smallest absolute Gasteiger partial charge is 0.230 e. The topological polar surface area (TPSA) is 19.9 Å². The van der Waals surface area contributed by atoms with Crippen molar-refractivity contribution in [2.75, 3.05) is 6.61 Å². The Morgan fingerprint density at radius 3 is 1.56 bits per heavy atom. The minimum Gasteiger partial charge on any atom is -0.230 e. The number of alkyl halides is 4. The van der Waals surface area contributed by atoms with E-state index in [-0.39, 0.29) is 6.92 Å². The predicted molar refractivity (Wildman–Crippen MR) is 21.1 cm³/mol. The maximum atomic E-state index is 11.6. The molecule has 0 saturated carbocycles. The summed E-state index contributed by atoms with van der Waals surface area (Å²) >= 11 is 0. The Balaban J connectivity index is 4.14. The van der Waals surface area contributed by atoms with E-state index in [1.54, 1.807) is 0 Å². The van der Waals surface area contributed by atoms with Gasteiger partial charge in [-0.1, -0.05) is 0 Å². The molecule has 0 aliphatic carbocycles. The van der Waals surface area contributed by atoms with Crippen molar-refractivity contribution in [3.05, 3.63) is 0 Å². The third-order valence-corrected chi connectivity index (χ3v) is 0.824. The Kier molecular flexibility index (Phi) is 2.06. The van der Waals surface area contributed by atoms with E-state index in [2.05, 4.69) is 0 Å². The molecule has 0 aromatic heterocycles. The van der Waals surface area contributed by atoms with Crippen molar-refractivity contribution >= 4 is 0 Å². The van der Waals surface area contributed by atoms with Gasteiger partial charge in [-0.25, -0.2) is 13.9 Å². The highest BCUT2D eigenvalue weighted by molar-refractivity contribution is 4.78. The van der Waals surface area contributed by atoms with E-state index in [4.69, 9.17) is 0 Å². The molecular formula is C4H5F4O. The molecule has 0 N–H and O–H groups in total. The molecule has 0 rings (SSSR count). The van der Waals surface area contributed by atoms with Gasteiger partial charge in [0.15, 0.2) is 6.61 Å². The van der Waals surface area contributed by atoms with Gasteiger partial charge in [0.25, 0.3) is 0 Å². The average molecular weight is 145 g/mol. The molecule has 0 amide bonds. The van der Waals surface area contributed by atoms with Crippen LogP contribution < -0.4 is 0 Å². The first-order valence-electron chi connectivity index (χ1n) is 2.15. The minimum atomic E-state index is -4.41. The molecule has 1 nitrogen and oxygen atoms in total. The summed E-state index contributed by atoms with van der Waals surface area (Å²) in [6, 6.07) is 0. The van der Waals surface area contributed by atoms with Crippen molar-refractivity contribution in [2.45, 2.75) is 18.8 Å². The normalized spacial score (nSPS) is 14.0. The van der Waals surface area contributed by atoms with Crippen LogP contribution in [0.1, 0.15) is 6.92 Å². The van der Waals surface area contributed by atoms with Crippen LogP contribution in [0, 0.1) is 0 Å². The molecule has 1 radical (unpaired) electrons. The predicted octanol–water partition coefficient (Wildman–Crippen LogP) is 1.71. The summed E-state index contributed by atoms with van der Waals surface area (Å²) in [5, 5.41) is 9.37. The van der Waals surface area contributed by atoms with Gasteiger partial charge in [-0.05, 0) is 0 Å². The van der Waals surface area contributed by atoms with Crippen LogP contribution >= 0.6 is 0 Å². The van der Waals surface area contributed by atoms with Crippen LogP contribution in [0.4, 0.5) is 17.6 Å². The lowest BCUT2D eigenvalue weighted by molar-refractivity contribution is -0.223. The molecule has 0 unspecified atom stereocenters. The van der Waals surface area contributed by atoms with Crippen LogP contribution in [0.5, 0.6) is 0 Å². The molecule has 0 aromatic rings. The van der Waals surface area contributed by atoms with Crippen LogP contribution in [0.25, 0.3) is 0 Å². The molecule has 0 fully saturated rings. The number of halogens is 4. The van der Waals surface area contributed by atoms with Crippen molar-refractivity contribution in [1.29, 1.82) is 0 Å².